The Hall–Kier alpha value is -0.710. The van der Waals surface area contributed by atoms with Gasteiger partial charge in [-0.1, -0.05) is 34.1 Å². The third kappa shape index (κ3) is 3.25. The SMILES string of the molecule is CNC(Cc1nc(C)c(C)s1)c1cccc(C)c1Br. The van der Waals surface area contributed by atoms with E-state index < -0.39 is 0 Å². The van der Waals surface area contributed by atoms with Crippen LogP contribution in [-0.4, -0.2) is 12.0 Å². The topological polar surface area (TPSA) is 24.9 Å². The lowest BCUT2D eigenvalue weighted by molar-refractivity contribution is 0.587. The van der Waals surface area contributed by atoms with Crippen LogP contribution in [0, 0.1) is 20.8 Å². The van der Waals surface area contributed by atoms with Gasteiger partial charge < -0.3 is 5.32 Å². The predicted octanol–water partition coefficient (Wildman–Crippen LogP) is 4.33. The molecule has 0 aliphatic rings. The van der Waals surface area contributed by atoms with Gasteiger partial charge in [-0.3, -0.25) is 0 Å². The summed E-state index contributed by atoms with van der Waals surface area (Å²) in [4.78, 5) is 5.95. The molecular weight excluding hydrogens is 320 g/mol. The summed E-state index contributed by atoms with van der Waals surface area (Å²) in [5, 5.41) is 4.60. The molecule has 0 aliphatic carbocycles. The molecule has 4 heteroatoms. The maximum absolute atomic E-state index is 4.64. The van der Waals surface area contributed by atoms with Crippen molar-refractivity contribution in [3.63, 3.8) is 0 Å². The summed E-state index contributed by atoms with van der Waals surface area (Å²) in [6.07, 6.45) is 0.928. The molecule has 19 heavy (non-hydrogen) atoms. The molecule has 0 fully saturated rings. The summed E-state index contributed by atoms with van der Waals surface area (Å²) >= 11 is 5.49. The van der Waals surface area contributed by atoms with E-state index in [1.165, 1.54) is 25.5 Å². The fraction of sp³-hybridized carbons (Fsp3) is 0.400. The molecule has 2 aromatic rings. The van der Waals surface area contributed by atoms with Crippen LogP contribution in [0.4, 0.5) is 0 Å². The number of hydrogen-bond donors (Lipinski definition) is 1. The number of thiazole rings is 1. The number of hydrogen-bond acceptors (Lipinski definition) is 3. The Kier molecular flexibility index (Phi) is 4.76. The molecule has 1 aromatic carbocycles. The number of rotatable bonds is 4. The minimum Gasteiger partial charge on any atom is -0.313 e. The van der Waals surface area contributed by atoms with Crippen LogP contribution in [0.2, 0.25) is 0 Å². The molecule has 2 rings (SSSR count). The van der Waals surface area contributed by atoms with Crippen molar-refractivity contribution in [2.24, 2.45) is 0 Å². The lowest BCUT2D eigenvalue weighted by atomic mass is 10.0. The Morgan fingerprint density at radius 2 is 2.05 bits per heavy atom. The predicted molar refractivity (Wildman–Crippen MR) is 86.0 cm³/mol. The first-order valence-electron chi connectivity index (χ1n) is 6.38. The summed E-state index contributed by atoms with van der Waals surface area (Å²) in [5.74, 6) is 0. The summed E-state index contributed by atoms with van der Waals surface area (Å²) in [6.45, 7) is 6.33. The zero-order valence-corrected chi connectivity index (χ0v) is 14.2. The van der Waals surface area contributed by atoms with Gasteiger partial charge in [0.15, 0.2) is 0 Å². The van der Waals surface area contributed by atoms with Gasteiger partial charge in [-0.05, 0) is 38.9 Å². The Morgan fingerprint density at radius 1 is 1.32 bits per heavy atom. The van der Waals surface area contributed by atoms with Gasteiger partial charge in [-0.15, -0.1) is 11.3 Å². The van der Waals surface area contributed by atoms with Crippen molar-refractivity contribution in [2.75, 3.05) is 7.05 Å². The van der Waals surface area contributed by atoms with Crippen LogP contribution in [0.15, 0.2) is 22.7 Å². The van der Waals surface area contributed by atoms with Gasteiger partial charge in [0.05, 0.1) is 10.7 Å². The van der Waals surface area contributed by atoms with Crippen LogP contribution >= 0.6 is 27.3 Å². The average Bonchev–Trinajstić information content (AvgIpc) is 2.69. The number of likely N-dealkylation sites (N-methyl/N-ethyl adjacent to an activating group) is 1. The highest BCUT2D eigenvalue weighted by Crippen LogP contribution is 2.30. The Morgan fingerprint density at radius 3 is 2.63 bits per heavy atom. The van der Waals surface area contributed by atoms with Gasteiger partial charge in [0, 0.05) is 21.8 Å². The number of benzene rings is 1. The van der Waals surface area contributed by atoms with Gasteiger partial charge in [0.25, 0.3) is 0 Å². The maximum atomic E-state index is 4.64. The van der Waals surface area contributed by atoms with E-state index in [0.29, 0.717) is 6.04 Å². The highest BCUT2D eigenvalue weighted by atomic mass is 79.9. The zero-order chi connectivity index (χ0) is 14.0. The summed E-state index contributed by atoms with van der Waals surface area (Å²) < 4.78 is 1.19. The average molecular weight is 339 g/mol. The van der Waals surface area contributed by atoms with Gasteiger partial charge >= 0.3 is 0 Å². The molecule has 1 unspecified atom stereocenters. The second kappa shape index (κ2) is 6.16. The minimum absolute atomic E-state index is 0.291. The lowest BCUT2D eigenvalue weighted by Gasteiger charge is -2.18. The second-order valence-electron chi connectivity index (χ2n) is 4.77. The molecule has 0 aliphatic heterocycles. The number of aryl methyl sites for hydroxylation is 3. The molecule has 2 nitrogen and oxygen atoms in total. The minimum atomic E-state index is 0.291. The molecule has 0 saturated carbocycles. The standard InChI is InChI=1S/C15H19BrN2S/c1-9-6-5-7-12(15(9)16)13(17-4)8-14-18-10(2)11(3)19-14/h5-7,13,17H,8H2,1-4H3. The van der Waals surface area contributed by atoms with Crippen molar-refractivity contribution < 1.29 is 0 Å². The van der Waals surface area contributed by atoms with Gasteiger partial charge in [-0.2, -0.15) is 0 Å². The smallest absolute Gasteiger partial charge is 0.0949 e. The summed E-state index contributed by atoms with van der Waals surface area (Å²) in [7, 11) is 2.01. The van der Waals surface area contributed by atoms with Crippen LogP contribution in [0.25, 0.3) is 0 Å². The molecule has 0 spiro atoms. The van der Waals surface area contributed by atoms with Gasteiger partial charge in [0.1, 0.15) is 0 Å². The van der Waals surface area contributed by atoms with E-state index in [1.807, 2.05) is 7.05 Å². The first-order chi connectivity index (χ1) is 9.02. The fourth-order valence-electron chi connectivity index (χ4n) is 2.11. The number of halogens is 1. The molecule has 0 amide bonds. The van der Waals surface area contributed by atoms with Crippen LogP contribution in [0.3, 0.4) is 0 Å². The quantitative estimate of drug-likeness (QED) is 0.897. The maximum Gasteiger partial charge on any atom is 0.0949 e. The van der Waals surface area contributed by atoms with E-state index in [-0.39, 0.29) is 0 Å². The van der Waals surface area contributed by atoms with Crippen LogP contribution in [0.1, 0.15) is 32.7 Å². The van der Waals surface area contributed by atoms with Crippen molar-refractivity contribution >= 4 is 27.3 Å². The van der Waals surface area contributed by atoms with Crippen molar-refractivity contribution in [1.82, 2.24) is 10.3 Å². The van der Waals surface area contributed by atoms with Crippen molar-refractivity contribution in [2.45, 2.75) is 33.2 Å². The molecule has 1 aromatic heterocycles. The second-order valence-corrected chi connectivity index (χ2v) is 6.85. The first-order valence-corrected chi connectivity index (χ1v) is 7.99. The monoisotopic (exact) mass is 338 g/mol. The van der Waals surface area contributed by atoms with E-state index in [9.17, 15) is 0 Å². The van der Waals surface area contributed by atoms with E-state index in [4.69, 9.17) is 0 Å². The van der Waals surface area contributed by atoms with E-state index in [2.05, 4.69) is 65.2 Å². The summed E-state index contributed by atoms with van der Waals surface area (Å²) in [5.41, 5.74) is 3.72. The van der Waals surface area contributed by atoms with Crippen molar-refractivity contribution in [3.8, 4) is 0 Å². The Balaban J connectivity index is 2.27. The van der Waals surface area contributed by atoms with Gasteiger partial charge in [-0.25, -0.2) is 4.98 Å². The highest BCUT2D eigenvalue weighted by Gasteiger charge is 2.16. The van der Waals surface area contributed by atoms with Crippen molar-refractivity contribution in [1.29, 1.82) is 0 Å². The molecule has 1 heterocycles. The third-order valence-corrected chi connectivity index (χ3v) is 5.58. The van der Waals surface area contributed by atoms with Crippen LogP contribution < -0.4 is 5.32 Å². The fourth-order valence-corrected chi connectivity index (χ4v) is 3.63. The van der Waals surface area contributed by atoms with Gasteiger partial charge in [0.2, 0.25) is 0 Å². The van der Waals surface area contributed by atoms with Crippen molar-refractivity contribution in [3.05, 3.63) is 49.4 Å². The molecular formula is C15H19BrN2S. The molecule has 0 radical (unpaired) electrons. The van der Waals surface area contributed by atoms with Crippen LogP contribution in [-0.2, 0) is 6.42 Å². The number of aromatic nitrogens is 1. The molecule has 0 bridgehead atoms. The molecule has 1 atom stereocenters. The lowest BCUT2D eigenvalue weighted by Crippen LogP contribution is -2.19. The van der Waals surface area contributed by atoms with E-state index in [0.717, 1.165) is 12.1 Å². The molecule has 102 valence electrons. The third-order valence-electron chi connectivity index (χ3n) is 3.40. The van der Waals surface area contributed by atoms with E-state index >= 15 is 0 Å². The summed E-state index contributed by atoms with van der Waals surface area (Å²) in [6, 6.07) is 6.70. The van der Waals surface area contributed by atoms with E-state index in [1.54, 1.807) is 11.3 Å². The Bertz CT molecular complexity index is 558. The normalized spacial score (nSPS) is 12.7. The number of nitrogens with zero attached hydrogens (tertiary/aromatic N) is 1. The van der Waals surface area contributed by atoms with Crippen LogP contribution in [0.5, 0.6) is 0 Å². The number of nitrogens with one attached hydrogen (secondary N) is 1. The molecule has 1 N–H and O–H groups in total. The zero-order valence-electron chi connectivity index (χ0n) is 11.7. The Labute approximate surface area is 127 Å². The highest BCUT2D eigenvalue weighted by molar-refractivity contribution is 9.10. The molecule has 0 saturated heterocycles. The largest absolute Gasteiger partial charge is 0.313 e. The first kappa shape index (κ1) is 14.7.